The highest BCUT2D eigenvalue weighted by molar-refractivity contribution is 5.96. The summed E-state index contributed by atoms with van der Waals surface area (Å²) in [5.74, 6) is 1.58. The zero-order chi connectivity index (χ0) is 13.2. The Morgan fingerprint density at radius 2 is 2.00 bits per heavy atom. The number of fused-ring (bicyclic) bond motifs is 2. The lowest BCUT2D eigenvalue weighted by molar-refractivity contribution is -0.120. The number of nitrogens with one attached hydrogen (secondary N) is 1. The lowest BCUT2D eigenvalue weighted by Gasteiger charge is -2.27. The van der Waals surface area contributed by atoms with Crippen molar-refractivity contribution in [3.8, 4) is 11.5 Å². The first-order valence-corrected chi connectivity index (χ1v) is 6.71. The second-order valence-corrected chi connectivity index (χ2v) is 4.97. The van der Waals surface area contributed by atoms with Gasteiger partial charge < -0.3 is 20.5 Å². The molecule has 2 heterocycles. The zero-order valence-corrected chi connectivity index (χ0v) is 10.8. The average molecular weight is 262 g/mol. The van der Waals surface area contributed by atoms with Crippen molar-refractivity contribution >= 4 is 11.6 Å². The van der Waals surface area contributed by atoms with Gasteiger partial charge in [-0.15, -0.1) is 0 Å². The predicted octanol–water partition coefficient (Wildman–Crippen LogP) is 1.31. The van der Waals surface area contributed by atoms with Crippen LogP contribution in [-0.2, 0) is 11.2 Å². The molecule has 1 amide bonds. The Hall–Kier alpha value is -1.75. The molecule has 0 spiro atoms. The minimum atomic E-state index is 0.0126. The molecular formula is C14H18N2O3. The van der Waals surface area contributed by atoms with E-state index < -0.39 is 0 Å². The van der Waals surface area contributed by atoms with Crippen molar-refractivity contribution in [1.82, 2.24) is 0 Å². The third kappa shape index (κ3) is 2.38. The van der Waals surface area contributed by atoms with E-state index in [4.69, 9.17) is 15.2 Å². The van der Waals surface area contributed by atoms with Crippen molar-refractivity contribution in [1.29, 1.82) is 0 Å². The van der Waals surface area contributed by atoms with E-state index in [1.165, 1.54) is 0 Å². The fourth-order valence-corrected chi connectivity index (χ4v) is 2.61. The summed E-state index contributed by atoms with van der Waals surface area (Å²) in [5, 5.41) is 2.95. The van der Waals surface area contributed by atoms with Gasteiger partial charge in [0.1, 0.15) is 13.2 Å². The Bertz CT molecular complexity index is 502. The summed E-state index contributed by atoms with van der Waals surface area (Å²) < 4.78 is 11.1. The largest absolute Gasteiger partial charge is 0.486 e. The Kier molecular flexibility index (Phi) is 3.29. The Morgan fingerprint density at radius 3 is 2.74 bits per heavy atom. The van der Waals surface area contributed by atoms with Gasteiger partial charge in [0.15, 0.2) is 11.5 Å². The van der Waals surface area contributed by atoms with Crippen LogP contribution in [0.15, 0.2) is 12.1 Å². The molecule has 102 valence electrons. The zero-order valence-electron chi connectivity index (χ0n) is 10.8. The van der Waals surface area contributed by atoms with Crippen molar-refractivity contribution in [3.05, 3.63) is 17.7 Å². The van der Waals surface area contributed by atoms with Gasteiger partial charge in [-0.2, -0.15) is 0 Å². The lowest BCUT2D eigenvalue weighted by atomic mass is 9.89. The molecule has 1 aromatic rings. The first-order valence-electron chi connectivity index (χ1n) is 6.71. The van der Waals surface area contributed by atoms with Gasteiger partial charge in [-0.05, 0) is 37.4 Å². The van der Waals surface area contributed by atoms with Crippen LogP contribution in [0, 0.1) is 5.92 Å². The maximum Gasteiger partial charge on any atom is 0.227 e. The number of hydrogen-bond acceptors (Lipinski definition) is 4. The highest BCUT2D eigenvalue weighted by atomic mass is 16.6. The molecule has 0 radical (unpaired) electrons. The summed E-state index contributed by atoms with van der Waals surface area (Å²) in [4.78, 5) is 12.0. The number of carbonyl (C=O) groups is 1. The van der Waals surface area contributed by atoms with Gasteiger partial charge in [-0.3, -0.25) is 4.79 Å². The van der Waals surface area contributed by atoms with Gasteiger partial charge >= 0.3 is 0 Å². The van der Waals surface area contributed by atoms with Crippen LogP contribution in [0.1, 0.15) is 18.4 Å². The second-order valence-electron chi connectivity index (χ2n) is 4.97. The molecule has 3 rings (SSSR count). The summed E-state index contributed by atoms with van der Waals surface area (Å²) in [6, 6.07) is 3.85. The molecule has 1 unspecified atom stereocenters. The van der Waals surface area contributed by atoms with E-state index in [-0.39, 0.29) is 11.8 Å². The standard InChI is InChI=1S/C14H18N2O3/c15-3-1-2-9-6-10-7-12-13(19-5-4-18-12)8-11(10)16-14(9)17/h7-9H,1-6,15H2,(H,16,17). The van der Waals surface area contributed by atoms with Crippen LogP contribution in [0.2, 0.25) is 0 Å². The van der Waals surface area contributed by atoms with Crippen LogP contribution in [-0.4, -0.2) is 25.7 Å². The molecule has 1 aromatic carbocycles. The Labute approximate surface area is 112 Å². The van der Waals surface area contributed by atoms with Crippen LogP contribution in [0.5, 0.6) is 11.5 Å². The molecule has 0 fully saturated rings. The van der Waals surface area contributed by atoms with Crippen LogP contribution in [0.4, 0.5) is 5.69 Å². The van der Waals surface area contributed by atoms with Crippen LogP contribution in [0.3, 0.4) is 0 Å². The number of nitrogens with two attached hydrogens (primary N) is 1. The van der Waals surface area contributed by atoms with E-state index in [1.807, 2.05) is 12.1 Å². The predicted molar refractivity (Wildman–Crippen MR) is 71.5 cm³/mol. The molecule has 2 aliphatic rings. The Morgan fingerprint density at radius 1 is 1.26 bits per heavy atom. The van der Waals surface area contributed by atoms with Crippen molar-refractivity contribution in [2.24, 2.45) is 11.7 Å². The molecule has 19 heavy (non-hydrogen) atoms. The number of carbonyl (C=O) groups excluding carboxylic acids is 1. The van der Waals surface area contributed by atoms with Gasteiger partial charge in [0.2, 0.25) is 5.91 Å². The summed E-state index contributed by atoms with van der Waals surface area (Å²) in [5.41, 5.74) is 7.47. The van der Waals surface area contributed by atoms with Gasteiger partial charge in [-0.1, -0.05) is 0 Å². The SMILES string of the molecule is NCCCC1Cc2cc3c(cc2NC1=O)OCCO3. The molecule has 1 atom stereocenters. The third-order valence-electron chi connectivity index (χ3n) is 3.62. The first-order chi connectivity index (χ1) is 9.28. The van der Waals surface area contributed by atoms with Crippen molar-refractivity contribution in [2.45, 2.75) is 19.3 Å². The number of hydrogen-bond donors (Lipinski definition) is 2. The summed E-state index contributed by atoms with van der Waals surface area (Å²) in [6.45, 7) is 1.76. The number of ether oxygens (including phenoxy) is 2. The van der Waals surface area contributed by atoms with Crippen LogP contribution < -0.4 is 20.5 Å². The number of anilines is 1. The molecule has 0 bridgehead atoms. The number of benzene rings is 1. The van der Waals surface area contributed by atoms with E-state index >= 15 is 0 Å². The average Bonchev–Trinajstić information content (AvgIpc) is 2.43. The van der Waals surface area contributed by atoms with Crippen molar-refractivity contribution in [3.63, 3.8) is 0 Å². The molecular weight excluding hydrogens is 244 g/mol. The topological polar surface area (TPSA) is 73.6 Å². The van der Waals surface area contributed by atoms with Crippen molar-refractivity contribution in [2.75, 3.05) is 25.1 Å². The van der Waals surface area contributed by atoms with E-state index in [0.717, 1.165) is 36.3 Å². The normalized spacial score (nSPS) is 20.7. The van der Waals surface area contributed by atoms with E-state index in [2.05, 4.69) is 5.32 Å². The second kappa shape index (κ2) is 5.09. The lowest BCUT2D eigenvalue weighted by Crippen LogP contribution is -2.30. The van der Waals surface area contributed by atoms with Gasteiger partial charge in [0.25, 0.3) is 0 Å². The smallest absolute Gasteiger partial charge is 0.227 e. The van der Waals surface area contributed by atoms with Gasteiger partial charge in [0.05, 0.1) is 0 Å². The number of amides is 1. The first kappa shape index (κ1) is 12.3. The molecule has 0 saturated heterocycles. The van der Waals surface area contributed by atoms with Crippen LogP contribution in [0.25, 0.3) is 0 Å². The molecule has 5 heteroatoms. The van der Waals surface area contributed by atoms with Gasteiger partial charge in [0, 0.05) is 17.7 Å². The minimum Gasteiger partial charge on any atom is -0.486 e. The highest BCUT2D eigenvalue weighted by Crippen LogP contribution is 2.38. The quantitative estimate of drug-likeness (QED) is 0.861. The number of rotatable bonds is 3. The van der Waals surface area contributed by atoms with E-state index in [9.17, 15) is 4.79 Å². The highest BCUT2D eigenvalue weighted by Gasteiger charge is 2.27. The summed E-state index contributed by atoms with van der Waals surface area (Å²) in [6.07, 6.45) is 2.45. The Balaban J connectivity index is 1.85. The molecule has 3 N–H and O–H groups in total. The molecule has 0 aromatic heterocycles. The maximum absolute atomic E-state index is 12.0. The van der Waals surface area contributed by atoms with E-state index in [0.29, 0.717) is 25.5 Å². The molecule has 5 nitrogen and oxygen atoms in total. The monoisotopic (exact) mass is 262 g/mol. The molecule has 0 aliphatic carbocycles. The maximum atomic E-state index is 12.0. The fourth-order valence-electron chi connectivity index (χ4n) is 2.61. The van der Waals surface area contributed by atoms with E-state index in [1.54, 1.807) is 0 Å². The van der Waals surface area contributed by atoms with Crippen LogP contribution >= 0.6 is 0 Å². The molecule has 2 aliphatic heterocycles. The summed E-state index contributed by atoms with van der Waals surface area (Å²) >= 11 is 0. The minimum absolute atomic E-state index is 0.0126. The van der Waals surface area contributed by atoms with Gasteiger partial charge in [-0.25, -0.2) is 0 Å². The fraction of sp³-hybridized carbons (Fsp3) is 0.500. The molecule has 0 saturated carbocycles. The third-order valence-corrected chi connectivity index (χ3v) is 3.62. The summed E-state index contributed by atoms with van der Waals surface area (Å²) in [7, 11) is 0. The van der Waals surface area contributed by atoms with Crippen molar-refractivity contribution < 1.29 is 14.3 Å².